The predicted octanol–water partition coefficient (Wildman–Crippen LogP) is 3.40. The van der Waals surface area contributed by atoms with Gasteiger partial charge in [0.15, 0.2) is 0 Å². The lowest BCUT2D eigenvalue weighted by atomic mass is 10.1. The molecule has 0 fully saturated rings. The SMILES string of the molecule is CCOC(=O)CCCn1cc(CCNC)c2cc(Cl)ccc21. The molecule has 4 nitrogen and oxygen atoms in total. The number of halogens is 1. The number of benzene rings is 1. The summed E-state index contributed by atoms with van der Waals surface area (Å²) in [6.07, 6.45) is 4.35. The van der Waals surface area contributed by atoms with E-state index >= 15 is 0 Å². The van der Waals surface area contributed by atoms with Crippen molar-refractivity contribution in [1.82, 2.24) is 9.88 Å². The molecule has 2 aromatic rings. The van der Waals surface area contributed by atoms with Crippen molar-refractivity contribution in [3.05, 3.63) is 35.0 Å². The van der Waals surface area contributed by atoms with Crippen molar-refractivity contribution >= 4 is 28.5 Å². The molecule has 0 aliphatic heterocycles. The molecule has 2 rings (SSSR count). The van der Waals surface area contributed by atoms with Crippen LogP contribution in [0.15, 0.2) is 24.4 Å². The number of esters is 1. The number of nitrogens with one attached hydrogen (secondary N) is 1. The summed E-state index contributed by atoms with van der Waals surface area (Å²) in [6.45, 7) is 4.00. The normalized spacial score (nSPS) is 11.0. The molecule has 0 spiro atoms. The standard InChI is InChI=1S/C17H23ClN2O2/c1-3-22-17(21)5-4-10-20-12-13(8-9-19-2)15-11-14(18)6-7-16(15)20/h6-7,11-12,19H,3-5,8-10H2,1-2H3. The molecule has 1 aromatic heterocycles. The molecule has 1 heterocycles. The zero-order chi connectivity index (χ0) is 15.9. The molecule has 0 radical (unpaired) electrons. The van der Waals surface area contributed by atoms with Crippen molar-refractivity contribution in [3.8, 4) is 0 Å². The fraction of sp³-hybridized carbons (Fsp3) is 0.471. The van der Waals surface area contributed by atoms with Gasteiger partial charge in [0.05, 0.1) is 6.61 Å². The van der Waals surface area contributed by atoms with Crippen molar-refractivity contribution in [1.29, 1.82) is 0 Å². The average Bonchev–Trinajstić information content (AvgIpc) is 2.83. The minimum absolute atomic E-state index is 0.127. The number of hydrogen-bond acceptors (Lipinski definition) is 3. The van der Waals surface area contributed by atoms with Gasteiger partial charge in [-0.05, 0) is 57.1 Å². The van der Waals surface area contributed by atoms with E-state index in [2.05, 4.69) is 16.1 Å². The topological polar surface area (TPSA) is 43.3 Å². The summed E-state index contributed by atoms with van der Waals surface area (Å²) in [5, 5.41) is 5.12. The van der Waals surface area contributed by atoms with Crippen LogP contribution < -0.4 is 5.32 Å². The summed E-state index contributed by atoms with van der Waals surface area (Å²) in [7, 11) is 1.95. The lowest BCUT2D eigenvalue weighted by molar-refractivity contribution is -0.143. The number of carbonyl (C=O) groups excluding carboxylic acids is 1. The molecule has 0 aliphatic carbocycles. The number of rotatable bonds is 8. The predicted molar refractivity (Wildman–Crippen MR) is 90.4 cm³/mol. The van der Waals surface area contributed by atoms with Crippen molar-refractivity contribution < 1.29 is 9.53 Å². The number of hydrogen-bond donors (Lipinski definition) is 1. The van der Waals surface area contributed by atoms with Gasteiger partial charge in [-0.2, -0.15) is 0 Å². The summed E-state index contributed by atoms with van der Waals surface area (Å²) in [6, 6.07) is 5.97. The van der Waals surface area contributed by atoms with Crippen LogP contribution in [-0.2, 0) is 22.5 Å². The summed E-state index contributed by atoms with van der Waals surface area (Å²) in [5.74, 6) is -0.127. The molecule has 0 saturated carbocycles. The van der Waals surface area contributed by atoms with Crippen LogP contribution >= 0.6 is 11.6 Å². The van der Waals surface area contributed by atoms with Crippen LogP contribution in [0.2, 0.25) is 5.02 Å². The molecule has 0 bridgehead atoms. The third-order valence-corrected chi connectivity index (χ3v) is 3.89. The first-order valence-corrected chi connectivity index (χ1v) is 8.11. The van der Waals surface area contributed by atoms with E-state index in [4.69, 9.17) is 16.3 Å². The van der Waals surface area contributed by atoms with E-state index in [0.717, 1.165) is 31.0 Å². The fourth-order valence-corrected chi connectivity index (χ4v) is 2.79. The van der Waals surface area contributed by atoms with Crippen LogP contribution in [0.25, 0.3) is 10.9 Å². The highest BCUT2D eigenvalue weighted by atomic mass is 35.5. The van der Waals surface area contributed by atoms with E-state index in [9.17, 15) is 4.79 Å². The third kappa shape index (κ3) is 4.24. The zero-order valence-corrected chi connectivity index (χ0v) is 13.9. The number of fused-ring (bicyclic) bond motifs is 1. The van der Waals surface area contributed by atoms with Gasteiger partial charge in [0.1, 0.15) is 0 Å². The van der Waals surface area contributed by atoms with E-state index in [1.807, 2.05) is 32.2 Å². The maximum absolute atomic E-state index is 11.4. The van der Waals surface area contributed by atoms with Gasteiger partial charge < -0.3 is 14.6 Å². The lowest BCUT2D eigenvalue weighted by Gasteiger charge is -2.05. The van der Waals surface area contributed by atoms with E-state index in [-0.39, 0.29) is 5.97 Å². The number of aryl methyl sites for hydroxylation is 1. The maximum Gasteiger partial charge on any atom is 0.305 e. The highest BCUT2D eigenvalue weighted by molar-refractivity contribution is 6.31. The Balaban J connectivity index is 2.13. The molecule has 0 saturated heterocycles. The lowest BCUT2D eigenvalue weighted by Crippen LogP contribution is -2.10. The second-order valence-corrected chi connectivity index (χ2v) is 5.71. The monoisotopic (exact) mass is 322 g/mol. The fourth-order valence-electron chi connectivity index (χ4n) is 2.61. The van der Waals surface area contributed by atoms with Crippen molar-refractivity contribution in [3.63, 3.8) is 0 Å². The van der Waals surface area contributed by atoms with E-state index in [1.165, 1.54) is 16.5 Å². The van der Waals surface area contributed by atoms with Crippen LogP contribution in [0, 0.1) is 0 Å². The Morgan fingerprint density at radius 3 is 2.95 bits per heavy atom. The summed E-state index contributed by atoms with van der Waals surface area (Å²) >= 11 is 6.13. The molecule has 0 amide bonds. The van der Waals surface area contributed by atoms with Gasteiger partial charge in [0.25, 0.3) is 0 Å². The number of likely N-dealkylation sites (N-methyl/N-ethyl adjacent to an activating group) is 1. The summed E-state index contributed by atoms with van der Waals surface area (Å²) in [5.41, 5.74) is 2.45. The average molecular weight is 323 g/mol. The molecule has 0 unspecified atom stereocenters. The number of carbonyl (C=O) groups is 1. The van der Waals surface area contributed by atoms with Crippen molar-refractivity contribution in [2.45, 2.75) is 32.7 Å². The summed E-state index contributed by atoms with van der Waals surface area (Å²) < 4.78 is 7.17. The number of aromatic nitrogens is 1. The zero-order valence-electron chi connectivity index (χ0n) is 13.2. The van der Waals surface area contributed by atoms with Gasteiger partial charge >= 0.3 is 5.97 Å². The highest BCUT2D eigenvalue weighted by Gasteiger charge is 2.10. The second-order valence-electron chi connectivity index (χ2n) is 5.27. The molecule has 120 valence electrons. The van der Waals surface area contributed by atoms with Gasteiger partial charge in [-0.3, -0.25) is 4.79 Å². The molecule has 0 aliphatic rings. The van der Waals surface area contributed by atoms with Crippen molar-refractivity contribution in [2.24, 2.45) is 0 Å². The molecule has 5 heteroatoms. The highest BCUT2D eigenvalue weighted by Crippen LogP contribution is 2.25. The van der Waals surface area contributed by atoms with Gasteiger partial charge in [-0.15, -0.1) is 0 Å². The van der Waals surface area contributed by atoms with Crippen molar-refractivity contribution in [2.75, 3.05) is 20.2 Å². The summed E-state index contributed by atoms with van der Waals surface area (Å²) in [4.78, 5) is 11.4. The Hall–Kier alpha value is -1.52. The number of ether oxygens (including phenoxy) is 1. The van der Waals surface area contributed by atoms with E-state index in [0.29, 0.717) is 13.0 Å². The minimum Gasteiger partial charge on any atom is -0.466 e. The Kier molecular flexibility index (Phi) is 6.28. The second kappa shape index (κ2) is 8.20. The third-order valence-electron chi connectivity index (χ3n) is 3.66. The van der Waals surface area contributed by atoms with Gasteiger partial charge in [-0.25, -0.2) is 0 Å². The first-order chi connectivity index (χ1) is 10.7. The van der Waals surface area contributed by atoms with Crippen LogP contribution in [0.3, 0.4) is 0 Å². The first kappa shape index (κ1) is 16.8. The Morgan fingerprint density at radius 2 is 2.23 bits per heavy atom. The largest absolute Gasteiger partial charge is 0.466 e. The quantitative estimate of drug-likeness (QED) is 0.757. The Labute approximate surface area is 136 Å². The molecule has 22 heavy (non-hydrogen) atoms. The Morgan fingerprint density at radius 1 is 1.41 bits per heavy atom. The van der Waals surface area contributed by atoms with Crippen LogP contribution in [0.1, 0.15) is 25.3 Å². The molecule has 0 atom stereocenters. The van der Waals surface area contributed by atoms with Gasteiger partial charge in [0, 0.05) is 35.1 Å². The van der Waals surface area contributed by atoms with E-state index in [1.54, 1.807) is 0 Å². The minimum atomic E-state index is -0.127. The number of nitrogens with zero attached hydrogens (tertiary/aromatic N) is 1. The molecule has 1 N–H and O–H groups in total. The van der Waals surface area contributed by atoms with Gasteiger partial charge in [0.2, 0.25) is 0 Å². The molecule has 1 aromatic carbocycles. The Bertz CT molecular complexity index is 637. The van der Waals surface area contributed by atoms with E-state index < -0.39 is 0 Å². The maximum atomic E-state index is 11.4. The van der Waals surface area contributed by atoms with Gasteiger partial charge in [-0.1, -0.05) is 11.6 Å². The molecular weight excluding hydrogens is 300 g/mol. The molecular formula is C17H23ClN2O2. The van der Waals surface area contributed by atoms with Crippen LogP contribution in [0.4, 0.5) is 0 Å². The van der Waals surface area contributed by atoms with Crippen LogP contribution in [-0.4, -0.2) is 30.7 Å². The van der Waals surface area contributed by atoms with Crippen LogP contribution in [0.5, 0.6) is 0 Å². The smallest absolute Gasteiger partial charge is 0.305 e. The first-order valence-electron chi connectivity index (χ1n) is 7.73.